The molecule has 0 aliphatic heterocycles. The van der Waals surface area contributed by atoms with Crippen LogP contribution in [0.1, 0.15) is 31.9 Å². The fraction of sp³-hybridized carbons (Fsp3) is 0.222. The zero-order valence-corrected chi connectivity index (χ0v) is 12.3. The lowest BCUT2D eigenvalue weighted by atomic mass is 9.87. The second-order valence-corrected chi connectivity index (χ2v) is 6.14. The van der Waals surface area contributed by atoms with Crippen molar-refractivity contribution in [2.45, 2.75) is 26.2 Å². The second kappa shape index (κ2) is 4.75. The van der Waals surface area contributed by atoms with Gasteiger partial charge in [0, 0.05) is 5.56 Å². The summed E-state index contributed by atoms with van der Waals surface area (Å²) in [6, 6.07) is 15.5. The molecule has 1 heterocycles. The molecule has 0 N–H and O–H groups in total. The van der Waals surface area contributed by atoms with Gasteiger partial charge in [-0.1, -0.05) is 26.8 Å². The van der Waals surface area contributed by atoms with Gasteiger partial charge in [-0.2, -0.15) is 5.26 Å². The fourth-order valence-corrected chi connectivity index (χ4v) is 2.20. The third-order valence-corrected chi connectivity index (χ3v) is 3.51. The number of hydrogen-bond donors (Lipinski definition) is 0. The molecule has 2 aromatic carbocycles. The first-order valence-corrected chi connectivity index (χ1v) is 6.89. The van der Waals surface area contributed by atoms with Crippen LogP contribution in [-0.4, -0.2) is 4.98 Å². The van der Waals surface area contributed by atoms with E-state index < -0.39 is 0 Å². The van der Waals surface area contributed by atoms with E-state index >= 15 is 0 Å². The van der Waals surface area contributed by atoms with E-state index in [1.54, 1.807) is 12.1 Å². The summed E-state index contributed by atoms with van der Waals surface area (Å²) < 4.78 is 5.80. The third kappa shape index (κ3) is 2.53. The highest BCUT2D eigenvalue weighted by molar-refractivity contribution is 5.77. The number of fused-ring (bicyclic) bond motifs is 1. The van der Waals surface area contributed by atoms with Crippen molar-refractivity contribution in [2.24, 2.45) is 0 Å². The van der Waals surface area contributed by atoms with Crippen molar-refractivity contribution in [3.05, 3.63) is 53.6 Å². The molecule has 0 unspecified atom stereocenters. The lowest BCUT2D eigenvalue weighted by Crippen LogP contribution is -2.10. The van der Waals surface area contributed by atoms with Gasteiger partial charge in [-0.25, -0.2) is 4.98 Å². The van der Waals surface area contributed by atoms with Crippen molar-refractivity contribution < 1.29 is 4.42 Å². The zero-order chi connectivity index (χ0) is 15.0. The van der Waals surface area contributed by atoms with Crippen LogP contribution in [0.4, 0.5) is 0 Å². The lowest BCUT2D eigenvalue weighted by Gasteiger charge is -2.18. The van der Waals surface area contributed by atoms with Crippen molar-refractivity contribution >= 4 is 11.1 Å². The van der Waals surface area contributed by atoms with Crippen LogP contribution >= 0.6 is 0 Å². The highest BCUT2D eigenvalue weighted by atomic mass is 16.3. The van der Waals surface area contributed by atoms with Crippen LogP contribution in [0, 0.1) is 11.3 Å². The monoisotopic (exact) mass is 276 g/mol. The average molecular weight is 276 g/mol. The summed E-state index contributed by atoms with van der Waals surface area (Å²) in [4.78, 5) is 4.56. The van der Waals surface area contributed by atoms with Crippen molar-refractivity contribution in [3.8, 4) is 17.5 Å². The number of hydrogen-bond acceptors (Lipinski definition) is 3. The first-order chi connectivity index (χ1) is 9.97. The second-order valence-electron chi connectivity index (χ2n) is 6.14. The molecule has 21 heavy (non-hydrogen) atoms. The number of rotatable bonds is 1. The van der Waals surface area contributed by atoms with Crippen LogP contribution < -0.4 is 0 Å². The summed E-state index contributed by atoms with van der Waals surface area (Å²) >= 11 is 0. The minimum Gasteiger partial charge on any atom is -0.436 e. The molecule has 0 bridgehead atoms. The third-order valence-electron chi connectivity index (χ3n) is 3.51. The molecule has 1 aromatic heterocycles. The lowest BCUT2D eigenvalue weighted by molar-refractivity contribution is 0.590. The van der Waals surface area contributed by atoms with Crippen LogP contribution in [0.3, 0.4) is 0 Å². The minimum atomic E-state index is 0.0851. The molecule has 3 heteroatoms. The van der Waals surface area contributed by atoms with Crippen LogP contribution in [0.25, 0.3) is 22.6 Å². The van der Waals surface area contributed by atoms with E-state index in [1.807, 2.05) is 18.2 Å². The summed E-state index contributed by atoms with van der Waals surface area (Å²) in [6.07, 6.45) is 0. The SMILES string of the molecule is CC(C)(C)c1ccc2oc(-c3ccc(C#N)cc3)nc2c1. The molecular weight excluding hydrogens is 260 g/mol. The molecule has 104 valence electrons. The smallest absolute Gasteiger partial charge is 0.227 e. The molecule has 0 radical (unpaired) electrons. The van der Waals surface area contributed by atoms with E-state index in [9.17, 15) is 0 Å². The van der Waals surface area contributed by atoms with Gasteiger partial charge in [0.15, 0.2) is 5.58 Å². The Kier molecular flexibility index (Phi) is 3.03. The maximum absolute atomic E-state index is 8.83. The number of nitrogens with zero attached hydrogens (tertiary/aromatic N) is 2. The van der Waals surface area contributed by atoms with E-state index in [2.05, 4.69) is 44.0 Å². The first-order valence-electron chi connectivity index (χ1n) is 6.89. The van der Waals surface area contributed by atoms with Crippen molar-refractivity contribution in [1.29, 1.82) is 5.26 Å². The molecule has 0 saturated heterocycles. The summed E-state index contributed by atoms with van der Waals surface area (Å²) in [5.41, 5.74) is 4.47. The van der Waals surface area contributed by atoms with Gasteiger partial charge >= 0.3 is 0 Å². The van der Waals surface area contributed by atoms with Gasteiger partial charge in [0.05, 0.1) is 11.6 Å². The Balaban J connectivity index is 2.06. The molecule has 0 aliphatic carbocycles. The molecule has 3 aromatic rings. The Morgan fingerprint density at radius 2 is 1.76 bits per heavy atom. The number of benzene rings is 2. The van der Waals surface area contributed by atoms with E-state index in [1.165, 1.54) is 5.56 Å². The van der Waals surface area contributed by atoms with E-state index in [0.29, 0.717) is 11.5 Å². The van der Waals surface area contributed by atoms with Crippen molar-refractivity contribution in [2.75, 3.05) is 0 Å². The first kappa shape index (κ1) is 13.4. The quantitative estimate of drug-likeness (QED) is 0.649. The minimum absolute atomic E-state index is 0.0851. The standard InChI is InChI=1S/C18H16N2O/c1-18(2,3)14-8-9-16-15(10-14)20-17(21-16)13-6-4-12(11-19)5-7-13/h4-10H,1-3H3. The Labute approximate surface area is 123 Å². The van der Waals surface area contributed by atoms with Gasteiger partial charge in [0.2, 0.25) is 5.89 Å². The molecule has 3 rings (SSSR count). The van der Waals surface area contributed by atoms with Gasteiger partial charge in [-0.15, -0.1) is 0 Å². The van der Waals surface area contributed by atoms with E-state index in [-0.39, 0.29) is 5.41 Å². The summed E-state index contributed by atoms with van der Waals surface area (Å²) in [7, 11) is 0. The van der Waals surface area contributed by atoms with Gasteiger partial charge in [-0.3, -0.25) is 0 Å². The zero-order valence-electron chi connectivity index (χ0n) is 12.3. The summed E-state index contributed by atoms with van der Waals surface area (Å²) in [6.45, 7) is 6.53. The maximum atomic E-state index is 8.83. The predicted molar refractivity (Wildman–Crippen MR) is 82.9 cm³/mol. The van der Waals surface area contributed by atoms with Crippen LogP contribution in [0.2, 0.25) is 0 Å². The fourth-order valence-electron chi connectivity index (χ4n) is 2.20. The molecule has 0 amide bonds. The molecule has 0 fully saturated rings. The van der Waals surface area contributed by atoms with E-state index in [0.717, 1.165) is 16.7 Å². The largest absolute Gasteiger partial charge is 0.436 e. The van der Waals surface area contributed by atoms with Crippen molar-refractivity contribution in [3.63, 3.8) is 0 Å². The topological polar surface area (TPSA) is 49.8 Å². The highest BCUT2D eigenvalue weighted by Gasteiger charge is 2.16. The Hall–Kier alpha value is -2.60. The van der Waals surface area contributed by atoms with Gasteiger partial charge in [-0.05, 0) is 47.4 Å². The Morgan fingerprint density at radius 1 is 1.05 bits per heavy atom. The van der Waals surface area contributed by atoms with Crippen LogP contribution in [0.15, 0.2) is 46.9 Å². The summed E-state index contributed by atoms with van der Waals surface area (Å²) in [5, 5.41) is 8.83. The van der Waals surface area contributed by atoms with Gasteiger partial charge < -0.3 is 4.42 Å². The normalized spacial score (nSPS) is 11.5. The molecule has 0 spiro atoms. The Bertz CT molecular complexity index is 830. The molecule has 3 nitrogen and oxygen atoms in total. The summed E-state index contributed by atoms with van der Waals surface area (Å²) in [5.74, 6) is 0.584. The van der Waals surface area contributed by atoms with E-state index in [4.69, 9.17) is 9.68 Å². The number of aromatic nitrogens is 1. The molecule has 0 atom stereocenters. The van der Waals surface area contributed by atoms with Crippen LogP contribution in [0.5, 0.6) is 0 Å². The number of oxazole rings is 1. The molecular formula is C18H16N2O. The van der Waals surface area contributed by atoms with Crippen LogP contribution in [-0.2, 0) is 5.41 Å². The number of nitriles is 1. The maximum Gasteiger partial charge on any atom is 0.227 e. The predicted octanol–water partition coefficient (Wildman–Crippen LogP) is 4.66. The van der Waals surface area contributed by atoms with Gasteiger partial charge in [0.1, 0.15) is 5.52 Å². The van der Waals surface area contributed by atoms with Gasteiger partial charge in [0.25, 0.3) is 0 Å². The highest BCUT2D eigenvalue weighted by Crippen LogP contribution is 2.29. The average Bonchev–Trinajstić information content (AvgIpc) is 2.89. The Morgan fingerprint density at radius 3 is 2.38 bits per heavy atom. The molecule has 0 aliphatic rings. The molecule has 0 saturated carbocycles. The van der Waals surface area contributed by atoms with Crippen molar-refractivity contribution in [1.82, 2.24) is 4.98 Å².